The molecule has 2 aromatic heterocycles. The number of aryl methyl sites for hydroxylation is 4. The summed E-state index contributed by atoms with van der Waals surface area (Å²) >= 11 is 0. The van der Waals surface area contributed by atoms with Crippen molar-refractivity contribution in [2.24, 2.45) is 5.92 Å². The molecule has 168 valence electrons. The zero-order valence-corrected chi connectivity index (χ0v) is 19.8. The molecule has 4 nitrogen and oxygen atoms in total. The molecule has 5 rings (SSSR count). The van der Waals surface area contributed by atoms with E-state index in [1.165, 1.54) is 22.3 Å². The van der Waals surface area contributed by atoms with E-state index in [0.29, 0.717) is 0 Å². The van der Waals surface area contributed by atoms with Crippen molar-refractivity contribution in [1.82, 2.24) is 9.97 Å². The molecule has 1 aliphatic carbocycles. The normalized spacial score (nSPS) is 18.1. The highest BCUT2D eigenvalue weighted by Gasteiger charge is 2.35. The minimum absolute atomic E-state index is 0.0318. The molecule has 0 bridgehead atoms. The van der Waals surface area contributed by atoms with Crippen LogP contribution in [-0.4, -0.2) is 15.9 Å². The van der Waals surface area contributed by atoms with Gasteiger partial charge in [-0.1, -0.05) is 36.8 Å². The Morgan fingerprint density at radius 3 is 2.55 bits per heavy atom. The minimum atomic E-state index is -0.0318. The number of hydrogen-bond acceptors (Lipinski definition) is 2. The van der Waals surface area contributed by atoms with E-state index in [0.717, 1.165) is 52.9 Å². The number of hydrogen-bond donors (Lipinski definition) is 2. The van der Waals surface area contributed by atoms with Crippen molar-refractivity contribution in [3.8, 4) is 11.1 Å². The summed E-state index contributed by atoms with van der Waals surface area (Å²) in [5.74, 6) is 0.283. The second-order valence-electron chi connectivity index (χ2n) is 9.53. The number of fused-ring (bicyclic) bond motifs is 1. The molecule has 2 unspecified atom stereocenters. The summed E-state index contributed by atoms with van der Waals surface area (Å²) in [6, 6.07) is 19.1. The lowest BCUT2D eigenvalue weighted by Gasteiger charge is -2.19. The fourth-order valence-corrected chi connectivity index (χ4v) is 5.22. The first-order valence-corrected chi connectivity index (χ1v) is 11.8. The van der Waals surface area contributed by atoms with Gasteiger partial charge in [-0.25, -0.2) is 4.98 Å². The highest BCUT2D eigenvalue weighted by molar-refractivity contribution is 5.94. The monoisotopic (exact) mass is 437 g/mol. The third kappa shape index (κ3) is 4.06. The van der Waals surface area contributed by atoms with Gasteiger partial charge in [0.15, 0.2) is 0 Å². The molecule has 0 aliphatic heterocycles. The molecule has 1 saturated carbocycles. The van der Waals surface area contributed by atoms with Crippen LogP contribution in [0.5, 0.6) is 0 Å². The first kappa shape index (κ1) is 21.4. The summed E-state index contributed by atoms with van der Waals surface area (Å²) < 4.78 is 0. The SMILES string of the molecule is Cc1cc(-c2ccccc2C)ccc1NC(=O)C1CCCC1c1cc2cc(C)c(C)nc2[nH]1. The number of amides is 1. The topological polar surface area (TPSA) is 57.8 Å². The summed E-state index contributed by atoms with van der Waals surface area (Å²) in [7, 11) is 0. The number of nitrogens with one attached hydrogen (secondary N) is 2. The number of anilines is 1. The largest absolute Gasteiger partial charge is 0.343 e. The molecule has 0 saturated heterocycles. The van der Waals surface area contributed by atoms with Gasteiger partial charge in [0.2, 0.25) is 5.91 Å². The molecule has 4 heteroatoms. The van der Waals surface area contributed by atoms with E-state index < -0.39 is 0 Å². The molecule has 0 spiro atoms. The van der Waals surface area contributed by atoms with Crippen LogP contribution < -0.4 is 5.32 Å². The molecule has 4 aromatic rings. The second kappa shape index (κ2) is 8.51. The zero-order valence-electron chi connectivity index (χ0n) is 19.8. The Bertz CT molecular complexity index is 1310. The number of benzene rings is 2. The molecule has 1 amide bonds. The highest BCUT2D eigenvalue weighted by atomic mass is 16.1. The van der Waals surface area contributed by atoms with Crippen molar-refractivity contribution < 1.29 is 4.79 Å². The number of H-pyrrole nitrogens is 1. The fraction of sp³-hybridized carbons (Fsp3) is 0.310. The Labute approximate surface area is 195 Å². The Morgan fingerprint density at radius 1 is 0.939 bits per heavy atom. The van der Waals surface area contributed by atoms with Gasteiger partial charge in [-0.2, -0.15) is 0 Å². The van der Waals surface area contributed by atoms with Crippen molar-refractivity contribution in [2.75, 3.05) is 5.32 Å². The standard InChI is InChI=1S/C29H31N3O/c1-17-8-5-6-9-23(17)21-12-13-26(19(3)15-21)32-29(33)25-11-7-10-24(25)27-16-22-14-18(2)20(4)30-28(22)31-27/h5-6,8-9,12-16,24-25H,7,10-11H2,1-4H3,(H,30,31)(H,32,33). The Hall–Kier alpha value is -3.40. The van der Waals surface area contributed by atoms with Crippen LogP contribution in [-0.2, 0) is 4.79 Å². The Morgan fingerprint density at radius 2 is 1.76 bits per heavy atom. The lowest BCUT2D eigenvalue weighted by atomic mass is 9.91. The van der Waals surface area contributed by atoms with Gasteiger partial charge in [-0.3, -0.25) is 4.79 Å². The van der Waals surface area contributed by atoms with Gasteiger partial charge in [0, 0.05) is 34.3 Å². The average molecular weight is 438 g/mol. The number of aromatic nitrogens is 2. The molecule has 2 heterocycles. The average Bonchev–Trinajstić information content (AvgIpc) is 3.43. The predicted molar refractivity (Wildman–Crippen MR) is 136 cm³/mol. The van der Waals surface area contributed by atoms with Crippen LogP contribution >= 0.6 is 0 Å². The maximum Gasteiger partial charge on any atom is 0.228 e. The van der Waals surface area contributed by atoms with Crippen LogP contribution in [0.25, 0.3) is 22.2 Å². The Kier molecular flexibility index (Phi) is 5.53. The van der Waals surface area contributed by atoms with Gasteiger partial charge in [-0.05, 0) is 92.6 Å². The van der Waals surface area contributed by atoms with Crippen molar-refractivity contribution in [3.05, 3.63) is 82.7 Å². The third-order valence-corrected chi connectivity index (χ3v) is 7.26. The number of pyridine rings is 1. The van der Waals surface area contributed by atoms with Gasteiger partial charge in [0.1, 0.15) is 5.65 Å². The highest BCUT2D eigenvalue weighted by Crippen LogP contribution is 2.41. The number of rotatable bonds is 4. The lowest BCUT2D eigenvalue weighted by molar-refractivity contribution is -0.120. The van der Waals surface area contributed by atoms with Crippen LogP contribution in [0.2, 0.25) is 0 Å². The number of carbonyl (C=O) groups excluding carboxylic acids is 1. The molecule has 2 atom stereocenters. The van der Waals surface area contributed by atoms with Crippen molar-refractivity contribution in [3.63, 3.8) is 0 Å². The van der Waals surface area contributed by atoms with Crippen molar-refractivity contribution in [1.29, 1.82) is 0 Å². The number of nitrogens with zero attached hydrogens (tertiary/aromatic N) is 1. The molecule has 2 aromatic carbocycles. The zero-order chi connectivity index (χ0) is 23.1. The summed E-state index contributed by atoms with van der Waals surface area (Å²) in [4.78, 5) is 21.5. The van der Waals surface area contributed by atoms with Gasteiger partial charge in [0.05, 0.1) is 0 Å². The van der Waals surface area contributed by atoms with Crippen LogP contribution in [0, 0.1) is 33.6 Å². The van der Waals surface area contributed by atoms with Crippen molar-refractivity contribution in [2.45, 2.75) is 52.9 Å². The second-order valence-corrected chi connectivity index (χ2v) is 9.53. The fourth-order valence-electron chi connectivity index (χ4n) is 5.22. The van der Waals surface area contributed by atoms with E-state index in [4.69, 9.17) is 4.98 Å². The van der Waals surface area contributed by atoms with Crippen LogP contribution in [0.1, 0.15) is 53.3 Å². The van der Waals surface area contributed by atoms with E-state index in [1.54, 1.807) is 0 Å². The van der Waals surface area contributed by atoms with E-state index in [-0.39, 0.29) is 17.7 Å². The van der Waals surface area contributed by atoms with Gasteiger partial charge in [-0.15, -0.1) is 0 Å². The quantitative estimate of drug-likeness (QED) is 0.362. The van der Waals surface area contributed by atoms with E-state index in [9.17, 15) is 4.79 Å². The van der Waals surface area contributed by atoms with Gasteiger partial charge in [0.25, 0.3) is 0 Å². The van der Waals surface area contributed by atoms with Crippen LogP contribution in [0.15, 0.2) is 54.6 Å². The van der Waals surface area contributed by atoms with Gasteiger partial charge < -0.3 is 10.3 Å². The maximum atomic E-state index is 13.3. The molecule has 2 N–H and O–H groups in total. The van der Waals surface area contributed by atoms with Crippen LogP contribution in [0.3, 0.4) is 0 Å². The molecular formula is C29H31N3O. The summed E-state index contributed by atoms with van der Waals surface area (Å²) in [5.41, 5.74) is 9.92. The molecule has 0 radical (unpaired) electrons. The van der Waals surface area contributed by atoms with Crippen LogP contribution in [0.4, 0.5) is 5.69 Å². The summed E-state index contributed by atoms with van der Waals surface area (Å²) in [6.07, 6.45) is 3.00. The number of carbonyl (C=O) groups is 1. The van der Waals surface area contributed by atoms with E-state index in [2.05, 4.69) is 79.6 Å². The molecular weight excluding hydrogens is 406 g/mol. The lowest BCUT2D eigenvalue weighted by Crippen LogP contribution is -2.25. The maximum absolute atomic E-state index is 13.3. The van der Waals surface area contributed by atoms with Crippen molar-refractivity contribution >= 4 is 22.6 Å². The van der Waals surface area contributed by atoms with E-state index in [1.807, 2.05) is 13.0 Å². The summed E-state index contributed by atoms with van der Waals surface area (Å²) in [5, 5.41) is 4.36. The molecule has 33 heavy (non-hydrogen) atoms. The smallest absolute Gasteiger partial charge is 0.228 e. The predicted octanol–water partition coefficient (Wildman–Crippen LogP) is 6.99. The first-order chi connectivity index (χ1) is 15.9. The molecule has 1 fully saturated rings. The first-order valence-electron chi connectivity index (χ1n) is 11.8. The number of aromatic amines is 1. The minimum Gasteiger partial charge on any atom is -0.343 e. The summed E-state index contributed by atoms with van der Waals surface area (Å²) in [6.45, 7) is 8.32. The van der Waals surface area contributed by atoms with Gasteiger partial charge >= 0.3 is 0 Å². The molecule has 1 aliphatic rings. The van der Waals surface area contributed by atoms with E-state index >= 15 is 0 Å². The Balaban J connectivity index is 1.37. The third-order valence-electron chi connectivity index (χ3n) is 7.26.